The van der Waals surface area contributed by atoms with Gasteiger partial charge in [0.25, 0.3) is 5.56 Å². The summed E-state index contributed by atoms with van der Waals surface area (Å²) in [5.41, 5.74) is 2.67. The van der Waals surface area contributed by atoms with E-state index in [2.05, 4.69) is 34.1 Å². The van der Waals surface area contributed by atoms with Crippen LogP contribution >= 0.6 is 0 Å². The predicted octanol–water partition coefficient (Wildman–Crippen LogP) is 2.14. The minimum Gasteiger partial charge on any atom is -0.323 e. The molecule has 4 aromatic rings. The van der Waals surface area contributed by atoms with E-state index in [1.54, 1.807) is 13.4 Å². The largest absolute Gasteiger partial charge is 0.332 e. The second kappa shape index (κ2) is 8.51. The Bertz CT molecular complexity index is 1210. The Morgan fingerprint density at radius 2 is 1.40 bits per heavy atom. The molecule has 0 atom stereocenters. The Kier molecular flexibility index (Phi) is 5.63. The normalized spacial score (nSPS) is 11.4. The van der Waals surface area contributed by atoms with Crippen LogP contribution in [0.4, 0.5) is 0 Å². The minimum atomic E-state index is -0.368. The van der Waals surface area contributed by atoms with Crippen molar-refractivity contribution < 1.29 is 0 Å². The molecule has 0 fully saturated rings. The Balaban J connectivity index is 1.61. The molecule has 2 aromatic carbocycles. The molecule has 0 bridgehead atoms. The molecule has 7 nitrogen and oxygen atoms in total. The van der Waals surface area contributed by atoms with Gasteiger partial charge in [0.2, 0.25) is 0 Å². The molecule has 7 heteroatoms. The molecule has 0 unspecified atom stereocenters. The zero-order valence-electron chi connectivity index (χ0n) is 17.2. The Hall–Kier alpha value is -3.45. The topological polar surface area (TPSA) is 65.1 Å². The summed E-state index contributed by atoms with van der Waals surface area (Å²) in [6.07, 6.45) is 1.65. The van der Waals surface area contributed by atoms with Crippen LogP contribution in [0.5, 0.6) is 0 Å². The molecule has 0 saturated heterocycles. The quantitative estimate of drug-likeness (QED) is 0.474. The maximum absolute atomic E-state index is 12.7. The highest BCUT2D eigenvalue weighted by molar-refractivity contribution is 5.69. The molecular weight excluding hydrogens is 378 g/mol. The summed E-state index contributed by atoms with van der Waals surface area (Å²) in [5, 5.41) is 0. The number of imidazole rings is 1. The van der Waals surface area contributed by atoms with Crippen molar-refractivity contribution in [1.82, 2.24) is 23.6 Å². The van der Waals surface area contributed by atoms with Crippen molar-refractivity contribution in [2.24, 2.45) is 14.1 Å². The second-order valence-corrected chi connectivity index (χ2v) is 7.50. The number of rotatable bonds is 7. The molecule has 0 aliphatic carbocycles. The molecule has 0 radical (unpaired) electrons. The van der Waals surface area contributed by atoms with E-state index in [0.29, 0.717) is 17.7 Å². The van der Waals surface area contributed by atoms with Crippen LogP contribution < -0.4 is 11.2 Å². The van der Waals surface area contributed by atoms with Gasteiger partial charge in [-0.3, -0.25) is 18.8 Å². The number of aromatic nitrogens is 4. The number of aryl methyl sites for hydroxylation is 1. The molecule has 0 saturated carbocycles. The molecule has 0 N–H and O–H groups in total. The van der Waals surface area contributed by atoms with Gasteiger partial charge in [0.15, 0.2) is 11.2 Å². The van der Waals surface area contributed by atoms with Gasteiger partial charge in [0, 0.05) is 40.3 Å². The van der Waals surface area contributed by atoms with Crippen molar-refractivity contribution in [3.05, 3.63) is 99.0 Å². The lowest BCUT2D eigenvalue weighted by Crippen LogP contribution is -2.37. The molecule has 0 aliphatic rings. The van der Waals surface area contributed by atoms with Crippen molar-refractivity contribution in [2.45, 2.75) is 19.6 Å². The molecule has 0 aliphatic heterocycles. The van der Waals surface area contributed by atoms with Crippen molar-refractivity contribution in [1.29, 1.82) is 0 Å². The van der Waals surface area contributed by atoms with Gasteiger partial charge < -0.3 is 4.57 Å². The maximum atomic E-state index is 12.7. The third kappa shape index (κ3) is 3.97. The third-order valence-electron chi connectivity index (χ3n) is 5.37. The van der Waals surface area contributed by atoms with Crippen molar-refractivity contribution in [2.75, 3.05) is 6.54 Å². The first kappa shape index (κ1) is 19.8. The average Bonchev–Trinajstić information content (AvgIpc) is 3.20. The molecule has 2 aromatic heterocycles. The fourth-order valence-corrected chi connectivity index (χ4v) is 3.71. The van der Waals surface area contributed by atoms with E-state index in [9.17, 15) is 9.59 Å². The van der Waals surface area contributed by atoms with E-state index in [1.807, 2.05) is 41.0 Å². The van der Waals surface area contributed by atoms with Crippen LogP contribution in [0.1, 0.15) is 11.1 Å². The van der Waals surface area contributed by atoms with Crippen LogP contribution in [0.25, 0.3) is 11.2 Å². The second-order valence-electron chi connectivity index (χ2n) is 7.50. The summed E-state index contributed by atoms with van der Waals surface area (Å²) >= 11 is 0. The van der Waals surface area contributed by atoms with E-state index in [1.165, 1.54) is 22.7 Å². The van der Waals surface area contributed by atoms with Crippen LogP contribution in [0.3, 0.4) is 0 Å². The fourth-order valence-electron chi connectivity index (χ4n) is 3.71. The summed E-state index contributed by atoms with van der Waals surface area (Å²) in [6.45, 7) is 2.95. The minimum absolute atomic E-state index is 0.316. The summed E-state index contributed by atoms with van der Waals surface area (Å²) in [4.78, 5) is 31.5. The van der Waals surface area contributed by atoms with Gasteiger partial charge in [0.05, 0.1) is 6.33 Å². The number of hydrogen-bond donors (Lipinski definition) is 0. The SMILES string of the molecule is Cn1c(=O)c2c(ncn2CCN(Cc2ccccc2)Cc2ccccc2)n(C)c1=O. The summed E-state index contributed by atoms with van der Waals surface area (Å²) in [6, 6.07) is 20.7. The van der Waals surface area contributed by atoms with E-state index < -0.39 is 0 Å². The molecule has 30 heavy (non-hydrogen) atoms. The molecular formula is C23H25N5O2. The average molecular weight is 403 g/mol. The van der Waals surface area contributed by atoms with E-state index in [-0.39, 0.29) is 11.2 Å². The van der Waals surface area contributed by atoms with Crippen molar-refractivity contribution in [3.63, 3.8) is 0 Å². The summed E-state index contributed by atoms with van der Waals surface area (Å²) in [7, 11) is 3.14. The number of nitrogens with zero attached hydrogens (tertiary/aromatic N) is 5. The highest BCUT2D eigenvalue weighted by Crippen LogP contribution is 2.12. The first-order valence-corrected chi connectivity index (χ1v) is 9.95. The van der Waals surface area contributed by atoms with Crippen molar-refractivity contribution >= 4 is 11.2 Å². The number of fused-ring (bicyclic) bond motifs is 1. The molecule has 2 heterocycles. The van der Waals surface area contributed by atoms with Gasteiger partial charge in [-0.2, -0.15) is 0 Å². The lowest BCUT2D eigenvalue weighted by Gasteiger charge is -2.23. The summed E-state index contributed by atoms with van der Waals surface area (Å²) in [5.74, 6) is 0. The monoisotopic (exact) mass is 403 g/mol. The van der Waals surface area contributed by atoms with Gasteiger partial charge in [-0.15, -0.1) is 0 Å². The maximum Gasteiger partial charge on any atom is 0.332 e. The zero-order chi connectivity index (χ0) is 21.1. The Labute approximate surface area is 174 Å². The molecule has 4 rings (SSSR count). The van der Waals surface area contributed by atoms with E-state index in [4.69, 9.17) is 0 Å². The van der Waals surface area contributed by atoms with Crippen LogP contribution in [0.15, 0.2) is 76.6 Å². The highest BCUT2D eigenvalue weighted by Gasteiger charge is 2.15. The highest BCUT2D eigenvalue weighted by atomic mass is 16.2. The van der Waals surface area contributed by atoms with Gasteiger partial charge >= 0.3 is 5.69 Å². The third-order valence-corrected chi connectivity index (χ3v) is 5.37. The summed E-state index contributed by atoms with van der Waals surface area (Å²) < 4.78 is 4.39. The Morgan fingerprint density at radius 3 is 1.97 bits per heavy atom. The number of hydrogen-bond acceptors (Lipinski definition) is 4. The van der Waals surface area contributed by atoms with Gasteiger partial charge in [-0.25, -0.2) is 9.78 Å². The van der Waals surface area contributed by atoms with Gasteiger partial charge in [0.1, 0.15) is 0 Å². The van der Waals surface area contributed by atoms with Gasteiger partial charge in [-0.05, 0) is 11.1 Å². The lowest BCUT2D eigenvalue weighted by atomic mass is 10.1. The van der Waals surface area contributed by atoms with E-state index >= 15 is 0 Å². The first-order chi connectivity index (χ1) is 14.5. The Morgan fingerprint density at radius 1 is 0.833 bits per heavy atom. The van der Waals surface area contributed by atoms with Crippen LogP contribution in [0.2, 0.25) is 0 Å². The first-order valence-electron chi connectivity index (χ1n) is 9.95. The van der Waals surface area contributed by atoms with Crippen LogP contribution in [-0.4, -0.2) is 30.1 Å². The molecule has 0 amide bonds. The molecule has 154 valence electrons. The lowest BCUT2D eigenvalue weighted by molar-refractivity contribution is 0.247. The zero-order valence-corrected chi connectivity index (χ0v) is 17.2. The van der Waals surface area contributed by atoms with Crippen LogP contribution in [0, 0.1) is 0 Å². The molecule has 0 spiro atoms. The predicted molar refractivity (Wildman–Crippen MR) is 117 cm³/mol. The fraction of sp³-hybridized carbons (Fsp3) is 0.261. The van der Waals surface area contributed by atoms with Crippen LogP contribution in [-0.2, 0) is 33.7 Å². The van der Waals surface area contributed by atoms with Crippen molar-refractivity contribution in [3.8, 4) is 0 Å². The van der Waals surface area contributed by atoms with Gasteiger partial charge in [-0.1, -0.05) is 60.7 Å². The number of benzene rings is 2. The standard InChI is InChI=1S/C23H25N5O2/c1-25-21-20(22(29)26(2)23(25)30)28(17-24-21)14-13-27(15-18-9-5-3-6-10-18)16-19-11-7-4-8-12-19/h3-12,17H,13-16H2,1-2H3. The van der Waals surface area contributed by atoms with E-state index in [0.717, 1.165) is 24.2 Å². The smallest absolute Gasteiger partial charge is 0.323 e.